The smallest absolute Gasteiger partial charge is 0.265 e. The molecule has 1 amide bonds. The van der Waals surface area contributed by atoms with Gasteiger partial charge in [-0.2, -0.15) is 0 Å². The molecule has 0 fully saturated rings. The number of hydrogen-bond donors (Lipinski definition) is 3. The van der Waals surface area contributed by atoms with Gasteiger partial charge in [0.2, 0.25) is 0 Å². The number of aromatic nitrogens is 2. The minimum Gasteiger partial charge on any atom is -0.395 e. The molecule has 3 heterocycles. The first kappa shape index (κ1) is 23.2. The number of halogens is 1. The molecule has 0 aliphatic carbocycles. The molecule has 1 aromatic carbocycles. The third-order valence-corrected chi connectivity index (χ3v) is 7.16. The fraction of sp³-hybridized carbons (Fsp3) is 0.261. The Hall–Kier alpha value is -2.92. The fourth-order valence-electron chi connectivity index (χ4n) is 3.28. The zero-order chi connectivity index (χ0) is 23.2. The Morgan fingerprint density at radius 1 is 1.15 bits per heavy atom. The van der Waals surface area contributed by atoms with E-state index in [0.717, 1.165) is 39.9 Å². The van der Waals surface area contributed by atoms with Crippen LogP contribution in [0.25, 0.3) is 20.8 Å². The summed E-state index contributed by atoms with van der Waals surface area (Å²) in [5.74, 6) is -0.563. The second kappa shape index (κ2) is 10.8. The zero-order valence-electron chi connectivity index (χ0n) is 18.0. The summed E-state index contributed by atoms with van der Waals surface area (Å²) in [4.78, 5) is 24.9. The van der Waals surface area contributed by atoms with Gasteiger partial charge in [0, 0.05) is 30.9 Å². The standard InChI is InChI=1S/C23H24FN5O2S2/c1-2-29(11-12-30)10-9-25-23-28-22-20(33-23)13-19(32-22)21(31)27-17-6-3-15(4-7-17)18-8-5-16(24)14-26-18/h3-8,13-14,30H,2,9-12H2,1H3,(H,25,28)(H,27,31). The number of thiophene rings is 1. The lowest BCUT2D eigenvalue weighted by Gasteiger charge is -2.18. The average molecular weight is 486 g/mol. The van der Waals surface area contributed by atoms with E-state index in [1.807, 2.05) is 18.2 Å². The summed E-state index contributed by atoms with van der Waals surface area (Å²) in [6.45, 7) is 5.34. The van der Waals surface area contributed by atoms with E-state index in [4.69, 9.17) is 5.11 Å². The van der Waals surface area contributed by atoms with Gasteiger partial charge in [-0.1, -0.05) is 30.4 Å². The van der Waals surface area contributed by atoms with Crippen molar-refractivity contribution in [1.82, 2.24) is 14.9 Å². The number of amides is 1. The first-order valence-corrected chi connectivity index (χ1v) is 12.2. The van der Waals surface area contributed by atoms with Crippen molar-refractivity contribution in [2.24, 2.45) is 0 Å². The summed E-state index contributed by atoms with van der Waals surface area (Å²) in [6.07, 6.45) is 1.18. The summed E-state index contributed by atoms with van der Waals surface area (Å²) in [5.41, 5.74) is 2.17. The van der Waals surface area contributed by atoms with Crippen molar-refractivity contribution in [3.05, 3.63) is 59.4 Å². The minimum atomic E-state index is -0.378. The Morgan fingerprint density at radius 3 is 2.64 bits per heavy atom. The van der Waals surface area contributed by atoms with Gasteiger partial charge in [-0.05, 0) is 36.9 Å². The van der Waals surface area contributed by atoms with E-state index >= 15 is 0 Å². The monoisotopic (exact) mass is 485 g/mol. The van der Waals surface area contributed by atoms with Crippen LogP contribution in [0.4, 0.5) is 15.2 Å². The summed E-state index contributed by atoms with van der Waals surface area (Å²) in [6, 6.07) is 12.1. The number of aliphatic hydroxyl groups excluding tert-OH is 1. The van der Waals surface area contributed by atoms with Crippen molar-refractivity contribution in [3.63, 3.8) is 0 Å². The largest absolute Gasteiger partial charge is 0.395 e. The number of benzene rings is 1. The van der Waals surface area contributed by atoms with Crippen LogP contribution in [0.3, 0.4) is 0 Å². The highest BCUT2D eigenvalue weighted by Gasteiger charge is 2.14. The third kappa shape index (κ3) is 5.91. The van der Waals surface area contributed by atoms with Crippen LogP contribution >= 0.6 is 22.7 Å². The zero-order valence-corrected chi connectivity index (χ0v) is 19.7. The van der Waals surface area contributed by atoms with Crippen LogP contribution in [0.5, 0.6) is 0 Å². The molecule has 0 saturated carbocycles. The van der Waals surface area contributed by atoms with Crippen molar-refractivity contribution in [2.75, 3.05) is 43.4 Å². The number of anilines is 2. The third-order valence-electron chi connectivity index (χ3n) is 5.05. The molecule has 0 spiro atoms. The van der Waals surface area contributed by atoms with E-state index in [-0.39, 0.29) is 18.3 Å². The molecule has 4 rings (SSSR count). The van der Waals surface area contributed by atoms with Gasteiger partial charge in [-0.3, -0.25) is 14.7 Å². The molecule has 172 valence electrons. The second-order valence-electron chi connectivity index (χ2n) is 7.28. The predicted octanol–water partition coefficient (Wildman–Crippen LogP) is 4.54. The Balaban J connectivity index is 1.34. The van der Waals surface area contributed by atoms with Crippen molar-refractivity contribution in [2.45, 2.75) is 6.92 Å². The molecule has 0 unspecified atom stereocenters. The molecule has 7 nitrogen and oxygen atoms in total. The topological polar surface area (TPSA) is 90.4 Å². The first-order valence-electron chi connectivity index (χ1n) is 10.6. The number of fused-ring (bicyclic) bond motifs is 1. The SMILES string of the molecule is CCN(CCO)CCNc1nc2sc(C(=O)Nc3ccc(-c4ccc(F)cn4)cc3)cc2s1. The Labute approximate surface area is 198 Å². The number of nitrogens with zero attached hydrogens (tertiary/aromatic N) is 3. The molecule has 3 N–H and O–H groups in total. The molecule has 0 bridgehead atoms. The van der Waals surface area contributed by atoms with Gasteiger partial charge in [0.25, 0.3) is 5.91 Å². The maximum Gasteiger partial charge on any atom is 0.265 e. The van der Waals surface area contributed by atoms with Gasteiger partial charge in [0.1, 0.15) is 10.6 Å². The van der Waals surface area contributed by atoms with Crippen LogP contribution in [-0.2, 0) is 0 Å². The van der Waals surface area contributed by atoms with E-state index in [2.05, 4.69) is 32.4 Å². The summed E-state index contributed by atoms with van der Waals surface area (Å²) >= 11 is 2.88. The normalized spacial score (nSPS) is 11.3. The van der Waals surface area contributed by atoms with E-state index in [0.29, 0.717) is 22.8 Å². The number of aliphatic hydroxyl groups is 1. The molecule has 3 aromatic heterocycles. The molecular formula is C23H24FN5O2S2. The highest BCUT2D eigenvalue weighted by molar-refractivity contribution is 7.29. The minimum absolute atomic E-state index is 0.154. The maximum absolute atomic E-state index is 13.0. The lowest BCUT2D eigenvalue weighted by molar-refractivity contribution is 0.103. The molecule has 0 aliphatic heterocycles. The number of hydrogen-bond acceptors (Lipinski definition) is 8. The maximum atomic E-state index is 13.0. The van der Waals surface area contributed by atoms with Crippen molar-refractivity contribution in [3.8, 4) is 11.3 Å². The van der Waals surface area contributed by atoms with Crippen molar-refractivity contribution in [1.29, 1.82) is 0 Å². The Kier molecular flexibility index (Phi) is 7.61. The van der Waals surface area contributed by atoms with Gasteiger partial charge in [-0.25, -0.2) is 9.37 Å². The average Bonchev–Trinajstić information content (AvgIpc) is 3.39. The van der Waals surface area contributed by atoms with Gasteiger partial charge < -0.3 is 15.7 Å². The van der Waals surface area contributed by atoms with E-state index in [9.17, 15) is 9.18 Å². The number of thiazole rings is 1. The lowest BCUT2D eigenvalue weighted by atomic mass is 10.1. The highest BCUT2D eigenvalue weighted by Crippen LogP contribution is 2.33. The molecular weight excluding hydrogens is 461 g/mol. The number of pyridine rings is 1. The molecule has 4 aromatic rings. The molecule has 0 saturated heterocycles. The summed E-state index contributed by atoms with van der Waals surface area (Å²) in [7, 11) is 0. The lowest BCUT2D eigenvalue weighted by Crippen LogP contribution is -2.31. The predicted molar refractivity (Wildman–Crippen MR) is 133 cm³/mol. The van der Waals surface area contributed by atoms with Crippen molar-refractivity contribution >= 4 is 48.9 Å². The van der Waals surface area contributed by atoms with Gasteiger partial charge in [0.15, 0.2) is 5.13 Å². The van der Waals surface area contributed by atoms with Crippen LogP contribution in [0.1, 0.15) is 16.6 Å². The second-order valence-corrected chi connectivity index (χ2v) is 9.34. The Bertz CT molecular complexity index is 1180. The van der Waals surface area contributed by atoms with Crippen LogP contribution in [0.2, 0.25) is 0 Å². The van der Waals surface area contributed by atoms with Crippen LogP contribution in [-0.4, -0.2) is 58.7 Å². The number of rotatable bonds is 10. The summed E-state index contributed by atoms with van der Waals surface area (Å²) in [5, 5.41) is 16.1. The van der Waals surface area contributed by atoms with Crippen LogP contribution in [0.15, 0.2) is 48.7 Å². The number of carbonyl (C=O) groups is 1. The molecule has 0 radical (unpaired) electrons. The quantitative estimate of drug-likeness (QED) is 0.306. The highest BCUT2D eigenvalue weighted by atomic mass is 32.1. The van der Waals surface area contributed by atoms with Crippen LogP contribution in [0, 0.1) is 5.82 Å². The van der Waals surface area contributed by atoms with Crippen LogP contribution < -0.4 is 10.6 Å². The Morgan fingerprint density at radius 2 is 1.97 bits per heavy atom. The van der Waals surface area contributed by atoms with Gasteiger partial charge in [-0.15, -0.1) is 11.3 Å². The number of carbonyl (C=O) groups excluding carboxylic acids is 1. The molecule has 33 heavy (non-hydrogen) atoms. The van der Waals surface area contributed by atoms with E-state index < -0.39 is 0 Å². The van der Waals surface area contributed by atoms with E-state index in [1.165, 1.54) is 34.9 Å². The van der Waals surface area contributed by atoms with Gasteiger partial charge >= 0.3 is 0 Å². The fourth-order valence-corrected chi connectivity index (χ4v) is 5.31. The first-order chi connectivity index (χ1) is 16.1. The number of nitrogens with one attached hydrogen (secondary N) is 2. The van der Waals surface area contributed by atoms with Crippen molar-refractivity contribution < 1.29 is 14.3 Å². The molecule has 0 atom stereocenters. The summed E-state index contributed by atoms with van der Waals surface area (Å²) < 4.78 is 14.0. The molecule has 10 heteroatoms. The molecule has 0 aliphatic rings. The number of likely N-dealkylation sites (N-methyl/N-ethyl adjacent to an activating group) is 1. The van der Waals surface area contributed by atoms with E-state index in [1.54, 1.807) is 18.2 Å². The van der Waals surface area contributed by atoms with Gasteiger partial charge in [0.05, 0.1) is 28.1 Å².